The smallest absolute Gasteiger partial charge is 0.186 e. The van der Waals surface area contributed by atoms with Gasteiger partial charge in [0.25, 0.3) is 0 Å². The molecule has 0 amide bonds. The summed E-state index contributed by atoms with van der Waals surface area (Å²) >= 11 is 10.0. The van der Waals surface area contributed by atoms with Crippen LogP contribution in [0.4, 0.5) is 0 Å². The van der Waals surface area contributed by atoms with Crippen LogP contribution >= 0.6 is 24.4 Å². The first-order valence-corrected chi connectivity index (χ1v) is 7.35. The number of rotatable bonds is 7. The summed E-state index contributed by atoms with van der Waals surface area (Å²) in [6.45, 7) is 10.0. The first-order chi connectivity index (χ1) is 9.41. The number of hydrogen-bond donors (Lipinski definition) is 4. The van der Waals surface area contributed by atoms with Gasteiger partial charge in [-0.3, -0.25) is 10.9 Å². The molecule has 20 heavy (non-hydrogen) atoms. The molecule has 4 N–H and O–H groups in total. The van der Waals surface area contributed by atoms with Crippen molar-refractivity contribution in [2.24, 2.45) is 22.0 Å². The van der Waals surface area contributed by atoms with Crippen molar-refractivity contribution in [3.63, 3.8) is 0 Å². The van der Waals surface area contributed by atoms with E-state index in [2.05, 4.69) is 59.4 Å². The predicted molar refractivity (Wildman–Crippen MR) is 94.1 cm³/mol. The molecule has 0 aromatic rings. The number of nitrogens with one attached hydrogen (secondary N) is 4. The summed E-state index contributed by atoms with van der Waals surface area (Å²) in [6.07, 6.45) is 2.98. The number of thiocarbonyl (C=S) groups is 2. The molecule has 0 aromatic carbocycles. The quantitative estimate of drug-likeness (QED) is 0.321. The molecule has 6 nitrogen and oxygen atoms in total. The van der Waals surface area contributed by atoms with Gasteiger partial charge >= 0.3 is 0 Å². The molecule has 8 heteroatoms. The summed E-state index contributed by atoms with van der Waals surface area (Å²) in [6, 6.07) is 0. The van der Waals surface area contributed by atoms with Gasteiger partial charge in [-0.1, -0.05) is 27.7 Å². The van der Waals surface area contributed by atoms with Gasteiger partial charge in [-0.2, -0.15) is 10.2 Å². The van der Waals surface area contributed by atoms with Crippen molar-refractivity contribution < 1.29 is 0 Å². The van der Waals surface area contributed by atoms with Crippen LogP contribution in [0.3, 0.4) is 0 Å². The van der Waals surface area contributed by atoms with Crippen molar-refractivity contribution in [3.8, 4) is 0 Å². The molecule has 0 fully saturated rings. The molecule has 0 heterocycles. The van der Waals surface area contributed by atoms with Gasteiger partial charge in [0.15, 0.2) is 10.2 Å². The zero-order valence-corrected chi connectivity index (χ0v) is 14.1. The van der Waals surface area contributed by atoms with E-state index in [4.69, 9.17) is 24.4 Å². The van der Waals surface area contributed by atoms with E-state index in [-0.39, 0.29) is 0 Å². The predicted octanol–water partition coefficient (Wildman–Crippen LogP) is 1.20. The van der Waals surface area contributed by atoms with Gasteiger partial charge in [0.05, 0.1) is 12.4 Å². The molecule has 0 aliphatic heterocycles. The Labute approximate surface area is 131 Å². The molecule has 0 aliphatic carbocycles. The third-order valence-electron chi connectivity index (χ3n) is 1.89. The minimum Gasteiger partial charge on any atom is -0.361 e. The maximum atomic E-state index is 5.02. The highest BCUT2D eigenvalue weighted by Gasteiger charge is 1.95. The highest BCUT2D eigenvalue weighted by Crippen LogP contribution is 1.86. The molecule has 0 bridgehead atoms. The fraction of sp³-hybridized carbons (Fsp3) is 0.667. The maximum Gasteiger partial charge on any atom is 0.186 e. The van der Waals surface area contributed by atoms with E-state index in [0.29, 0.717) is 22.1 Å². The molecule has 0 aliphatic rings. The average molecular weight is 317 g/mol. The lowest BCUT2D eigenvalue weighted by Gasteiger charge is -2.08. The Balaban J connectivity index is 3.70. The minimum absolute atomic E-state index is 0.491. The standard InChI is InChI=1S/C12H24N6S2/c1-9(2)7-13-11(19)17-15-5-6-16-18-12(20)14-8-10(3)4/h5-6,9-10H,7-8H2,1-4H3,(H2,13,17,19)(H2,14,18,20)/b15-5-,16-6-. The lowest BCUT2D eigenvalue weighted by Crippen LogP contribution is -2.35. The van der Waals surface area contributed by atoms with E-state index in [1.807, 2.05) is 0 Å². The van der Waals surface area contributed by atoms with Crippen LogP contribution < -0.4 is 21.5 Å². The largest absolute Gasteiger partial charge is 0.361 e. The fourth-order valence-electron chi connectivity index (χ4n) is 0.931. The summed E-state index contributed by atoms with van der Waals surface area (Å²) in [5, 5.41) is 14.8. The van der Waals surface area contributed by atoms with Gasteiger partial charge < -0.3 is 10.6 Å². The van der Waals surface area contributed by atoms with Gasteiger partial charge in [0, 0.05) is 13.1 Å². The monoisotopic (exact) mass is 316 g/mol. The van der Waals surface area contributed by atoms with Crippen molar-refractivity contribution in [2.45, 2.75) is 27.7 Å². The second-order valence-electron chi connectivity index (χ2n) is 4.99. The third-order valence-corrected chi connectivity index (χ3v) is 2.36. The van der Waals surface area contributed by atoms with E-state index in [1.54, 1.807) is 0 Å². The third kappa shape index (κ3) is 13.2. The Morgan fingerprint density at radius 2 is 1.20 bits per heavy atom. The van der Waals surface area contributed by atoms with E-state index in [0.717, 1.165) is 13.1 Å². The molecule has 0 radical (unpaired) electrons. The summed E-state index contributed by atoms with van der Waals surface area (Å²) in [5.41, 5.74) is 5.38. The fourth-order valence-corrected chi connectivity index (χ4v) is 1.20. The van der Waals surface area contributed by atoms with E-state index < -0.39 is 0 Å². The Kier molecular flexibility index (Phi) is 10.8. The molecular weight excluding hydrogens is 292 g/mol. The van der Waals surface area contributed by atoms with Crippen molar-refractivity contribution >= 4 is 47.1 Å². The van der Waals surface area contributed by atoms with Crippen LogP contribution in [-0.4, -0.2) is 35.7 Å². The second kappa shape index (κ2) is 11.5. The summed E-state index contributed by atoms with van der Waals surface area (Å²) in [4.78, 5) is 0. The normalized spacial score (nSPS) is 11.3. The van der Waals surface area contributed by atoms with Gasteiger partial charge in [0.2, 0.25) is 0 Å². The summed E-state index contributed by atoms with van der Waals surface area (Å²) in [7, 11) is 0. The van der Waals surface area contributed by atoms with Gasteiger partial charge in [-0.25, -0.2) is 0 Å². The van der Waals surface area contributed by atoms with Crippen LogP contribution in [0.15, 0.2) is 10.2 Å². The average Bonchev–Trinajstić information content (AvgIpc) is 2.37. The van der Waals surface area contributed by atoms with Crippen molar-refractivity contribution in [1.29, 1.82) is 0 Å². The second-order valence-corrected chi connectivity index (χ2v) is 5.80. The zero-order valence-electron chi connectivity index (χ0n) is 12.4. The lowest BCUT2D eigenvalue weighted by molar-refractivity contribution is 0.621. The first-order valence-electron chi connectivity index (χ1n) is 6.54. The summed E-state index contributed by atoms with van der Waals surface area (Å²) < 4.78 is 0. The molecule has 0 saturated carbocycles. The van der Waals surface area contributed by atoms with Crippen LogP contribution in [0.25, 0.3) is 0 Å². The Morgan fingerprint density at radius 3 is 1.50 bits per heavy atom. The van der Waals surface area contributed by atoms with E-state index >= 15 is 0 Å². The maximum absolute atomic E-state index is 5.02. The van der Waals surface area contributed by atoms with Crippen LogP contribution in [0.1, 0.15) is 27.7 Å². The highest BCUT2D eigenvalue weighted by molar-refractivity contribution is 7.80. The van der Waals surface area contributed by atoms with Gasteiger partial charge in [-0.05, 0) is 36.3 Å². The molecule has 0 unspecified atom stereocenters. The molecule has 0 saturated heterocycles. The molecule has 0 rings (SSSR count). The van der Waals surface area contributed by atoms with Crippen LogP contribution in [0.2, 0.25) is 0 Å². The lowest BCUT2D eigenvalue weighted by atomic mass is 10.2. The Bertz CT molecular complexity index is 318. The van der Waals surface area contributed by atoms with Crippen molar-refractivity contribution in [1.82, 2.24) is 21.5 Å². The van der Waals surface area contributed by atoms with Crippen molar-refractivity contribution in [3.05, 3.63) is 0 Å². The molecule has 0 spiro atoms. The SMILES string of the molecule is CC(C)CNC(=S)N/N=C\C=N/NC(=S)NCC(C)C. The number of hydrazone groups is 2. The number of hydrogen-bond acceptors (Lipinski definition) is 4. The molecule has 0 aromatic heterocycles. The van der Waals surface area contributed by atoms with Crippen LogP contribution in [-0.2, 0) is 0 Å². The summed E-state index contributed by atoms with van der Waals surface area (Å²) in [5.74, 6) is 1.06. The number of nitrogens with zero attached hydrogens (tertiary/aromatic N) is 2. The Hall–Kier alpha value is -1.28. The zero-order chi connectivity index (χ0) is 15.4. The minimum atomic E-state index is 0.491. The van der Waals surface area contributed by atoms with Gasteiger partial charge in [-0.15, -0.1) is 0 Å². The van der Waals surface area contributed by atoms with Crippen LogP contribution in [0.5, 0.6) is 0 Å². The van der Waals surface area contributed by atoms with Crippen molar-refractivity contribution in [2.75, 3.05) is 13.1 Å². The van der Waals surface area contributed by atoms with Gasteiger partial charge in [0.1, 0.15) is 0 Å². The molecule has 114 valence electrons. The van der Waals surface area contributed by atoms with E-state index in [9.17, 15) is 0 Å². The first kappa shape index (κ1) is 18.7. The molecular formula is C12H24N6S2. The van der Waals surface area contributed by atoms with Crippen LogP contribution in [0, 0.1) is 11.8 Å². The topological polar surface area (TPSA) is 72.8 Å². The Morgan fingerprint density at radius 1 is 0.850 bits per heavy atom. The van der Waals surface area contributed by atoms with E-state index in [1.165, 1.54) is 12.4 Å². The molecule has 0 atom stereocenters. The highest BCUT2D eigenvalue weighted by atomic mass is 32.1.